The summed E-state index contributed by atoms with van der Waals surface area (Å²) in [5, 5.41) is 0. The van der Waals surface area contributed by atoms with Gasteiger partial charge < -0.3 is 9.80 Å². The number of allylic oxidation sites excluding steroid dienone is 4. The molecule has 0 atom stereocenters. The van der Waals surface area contributed by atoms with Crippen LogP contribution in [-0.2, 0) is 15.1 Å². The van der Waals surface area contributed by atoms with E-state index in [1.54, 1.807) is 0 Å². The van der Waals surface area contributed by atoms with Gasteiger partial charge in [0.25, 0.3) is 0 Å². The van der Waals surface area contributed by atoms with Crippen molar-refractivity contribution >= 4 is 15.8 Å². The zero-order valence-corrected chi connectivity index (χ0v) is 14.3. The Balaban J connectivity index is 0.000000774. The molecule has 4 heteroatoms. The first kappa shape index (κ1) is 16.2. The number of hydrogen-bond acceptors (Lipinski definition) is 2. The number of fused-ring (bicyclic) bond motifs is 1. The molecule has 0 saturated heterocycles. The van der Waals surface area contributed by atoms with Gasteiger partial charge >= 0.3 is 25.2 Å². The molecular weight excluding hydrogens is 331 g/mol. The standard InChI is InChI=1S/C17H19N2.ClH.Cu/c1-12-8-13(2)17(14(3)9-12)18-10-16-7-5-6-15(4)19(16)11-18;;/h5-11H,1-4H3;1H;/q-1;;+2/p-1. The van der Waals surface area contributed by atoms with E-state index >= 15 is 0 Å². The number of hydrogen-bond donors (Lipinski definition) is 0. The average molecular weight is 350 g/mol. The van der Waals surface area contributed by atoms with Crippen molar-refractivity contribution in [3.63, 3.8) is 0 Å². The summed E-state index contributed by atoms with van der Waals surface area (Å²) < 4.78 is 0. The second kappa shape index (κ2) is 6.74. The second-order valence-electron chi connectivity index (χ2n) is 5.36. The van der Waals surface area contributed by atoms with Gasteiger partial charge in [-0.1, -0.05) is 23.8 Å². The van der Waals surface area contributed by atoms with Gasteiger partial charge in [-0.3, -0.25) is 0 Å². The fourth-order valence-corrected chi connectivity index (χ4v) is 2.92. The minimum absolute atomic E-state index is 1.22. The number of aryl methyl sites for hydroxylation is 3. The van der Waals surface area contributed by atoms with E-state index in [4.69, 9.17) is 0 Å². The molecule has 2 nitrogen and oxygen atoms in total. The van der Waals surface area contributed by atoms with Gasteiger partial charge in [0.1, 0.15) is 0 Å². The molecule has 0 aliphatic carbocycles. The third-order valence-corrected chi connectivity index (χ3v) is 3.67. The van der Waals surface area contributed by atoms with E-state index in [9.17, 15) is 0 Å². The van der Waals surface area contributed by atoms with Crippen molar-refractivity contribution in [1.82, 2.24) is 4.90 Å². The molecule has 3 rings (SSSR count). The second-order valence-corrected chi connectivity index (χ2v) is 5.36. The van der Waals surface area contributed by atoms with Crippen molar-refractivity contribution in [2.45, 2.75) is 27.7 Å². The van der Waals surface area contributed by atoms with Crippen molar-refractivity contribution in [1.29, 1.82) is 0 Å². The molecule has 0 unspecified atom stereocenters. The average Bonchev–Trinajstić information content (AvgIpc) is 2.85. The van der Waals surface area contributed by atoms with E-state index in [2.05, 4.69) is 106 Å². The van der Waals surface area contributed by atoms with Crippen LogP contribution in [0.5, 0.6) is 0 Å². The summed E-state index contributed by atoms with van der Waals surface area (Å²) >= 11 is 3.66. The van der Waals surface area contributed by atoms with E-state index in [1.165, 1.54) is 33.8 Å². The Labute approximate surface area is 139 Å². The summed E-state index contributed by atoms with van der Waals surface area (Å²) in [7, 11) is 4.20. The van der Waals surface area contributed by atoms with E-state index in [-0.39, 0.29) is 0 Å². The Morgan fingerprint density at radius 1 is 1.05 bits per heavy atom. The van der Waals surface area contributed by atoms with E-state index < -0.39 is 0 Å². The van der Waals surface area contributed by atoms with Crippen molar-refractivity contribution in [3.8, 4) is 0 Å². The Bertz CT molecular complexity index is 609. The van der Waals surface area contributed by atoms with Gasteiger partial charge in [-0.2, -0.15) is 0 Å². The quantitative estimate of drug-likeness (QED) is 0.527. The number of anilines is 1. The molecule has 2 heterocycles. The van der Waals surface area contributed by atoms with Crippen LogP contribution >= 0.6 is 10.1 Å². The molecule has 21 heavy (non-hydrogen) atoms. The van der Waals surface area contributed by atoms with E-state index in [0.717, 1.165) is 0 Å². The Morgan fingerprint density at radius 3 is 2.24 bits per heavy atom. The molecular formula is C17H19ClCuN2. The first-order valence-electron chi connectivity index (χ1n) is 6.75. The van der Waals surface area contributed by atoms with Crippen LogP contribution in [0.25, 0.3) is 0 Å². The van der Waals surface area contributed by atoms with Crippen LogP contribution < -0.4 is 4.90 Å². The van der Waals surface area contributed by atoms with Crippen molar-refractivity contribution in [3.05, 3.63) is 71.3 Å². The fraction of sp³-hybridized carbons (Fsp3) is 0.235. The van der Waals surface area contributed by atoms with Gasteiger partial charge in [0.15, 0.2) is 0 Å². The first-order chi connectivity index (χ1) is 10.1. The van der Waals surface area contributed by atoms with E-state index in [1.807, 2.05) is 0 Å². The molecule has 115 valence electrons. The number of rotatable bonds is 1. The van der Waals surface area contributed by atoms with Crippen LogP contribution in [0.15, 0.2) is 48.0 Å². The van der Waals surface area contributed by atoms with Crippen LogP contribution in [0.3, 0.4) is 0 Å². The monoisotopic (exact) mass is 349 g/mol. The first-order valence-corrected chi connectivity index (χ1v) is 8.04. The zero-order valence-electron chi connectivity index (χ0n) is 12.6. The van der Waals surface area contributed by atoms with Gasteiger partial charge in [-0.15, -0.1) is 6.67 Å². The Morgan fingerprint density at radius 2 is 1.67 bits per heavy atom. The predicted octanol–water partition coefficient (Wildman–Crippen LogP) is 4.86. The molecule has 0 N–H and O–H groups in total. The summed E-state index contributed by atoms with van der Waals surface area (Å²) in [4.78, 5) is 4.45. The minimum atomic E-state index is 1.22. The Kier molecular flexibility index (Phi) is 5.21. The van der Waals surface area contributed by atoms with Crippen molar-refractivity contribution < 1.29 is 15.1 Å². The van der Waals surface area contributed by atoms with Crippen LogP contribution in [-0.4, -0.2) is 4.90 Å². The molecule has 0 bridgehead atoms. The molecule has 0 amide bonds. The van der Waals surface area contributed by atoms with Crippen LogP contribution in [0.4, 0.5) is 5.69 Å². The topological polar surface area (TPSA) is 6.48 Å². The molecule has 1 aromatic rings. The normalized spacial score (nSPS) is 16.1. The third-order valence-electron chi connectivity index (χ3n) is 3.67. The molecule has 2 aliphatic heterocycles. The molecule has 0 saturated carbocycles. The van der Waals surface area contributed by atoms with Crippen molar-refractivity contribution in [2.75, 3.05) is 4.90 Å². The summed E-state index contributed by atoms with van der Waals surface area (Å²) in [6.07, 6.45) is 8.57. The Hall–Kier alpha value is -1.15. The van der Waals surface area contributed by atoms with Gasteiger partial charge in [-0.05, 0) is 62.9 Å². The molecule has 0 aromatic heterocycles. The van der Waals surface area contributed by atoms with Crippen LogP contribution in [0, 0.1) is 27.4 Å². The summed E-state index contributed by atoms with van der Waals surface area (Å²) in [5.74, 6) is 0. The van der Waals surface area contributed by atoms with Crippen LogP contribution in [0.2, 0.25) is 0 Å². The van der Waals surface area contributed by atoms with Gasteiger partial charge in [0, 0.05) is 11.4 Å². The third kappa shape index (κ3) is 3.21. The van der Waals surface area contributed by atoms with E-state index in [0.29, 0.717) is 0 Å². The molecule has 0 radical (unpaired) electrons. The molecule has 0 spiro atoms. The fourth-order valence-electron chi connectivity index (χ4n) is 2.92. The maximum atomic E-state index is 4.20. The zero-order chi connectivity index (χ0) is 15.6. The number of nitrogens with zero attached hydrogens (tertiary/aromatic N) is 2. The van der Waals surface area contributed by atoms with Crippen LogP contribution in [0.1, 0.15) is 23.6 Å². The number of benzene rings is 1. The molecule has 0 fully saturated rings. The summed E-state index contributed by atoms with van der Waals surface area (Å²) in [5.41, 5.74) is 7.71. The predicted molar refractivity (Wildman–Crippen MR) is 86.1 cm³/mol. The SMILES string of the molecule is CC1=CC=CC2=CN(c3c(C)cc(C)cc3C)[CH-]N12.[Cl][Cu+]. The van der Waals surface area contributed by atoms with Gasteiger partial charge in [0.05, 0.1) is 0 Å². The number of halogens is 1. The van der Waals surface area contributed by atoms with Crippen molar-refractivity contribution in [2.24, 2.45) is 0 Å². The van der Waals surface area contributed by atoms with Gasteiger partial charge in [-0.25, -0.2) is 0 Å². The summed E-state index contributed by atoms with van der Waals surface area (Å²) in [6, 6.07) is 4.48. The molecule has 1 aromatic carbocycles. The summed E-state index contributed by atoms with van der Waals surface area (Å²) in [6.45, 7) is 10.8. The maximum absolute atomic E-state index is 4.20. The van der Waals surface area contributed by atoms with Gasteiger partial charge in [0.2, 0.25) is 0 Å². The molecule has 2 aliphatic rings.